The number of thiophene rings is 1. The van der Waals surface area contributed by atoms with E-state index in [1.54, 1.807) is 11.1 Å². The van der Waals surface area contributed by atoms with Gasteiger partial charge in [0, 0.05) is 18.3 Å². The molecule has 1 atom stereocenters. The average molecular weight is 529 g/mol. The Labute approximate surface area is 224 Å². The maximum atomic E-state index is 13.5. The van der Waals surface area contributed by atoms with Crippen LogP contribution < -0.4 is 25.6 Å². The number of para-hydroxylation sites is 3. The van der Waals surface area contributed by atoms with Crippen molar-refractivity contribution in [3.8, 4) is 11.5 Å². The lowest BCUT2D eigenvalue weighted by Gasteiger charge is -2.28. The van der Waals surface area contributed by atoms with Crippen LogP contribution in [-0.2, 0) is 0 Å². The molecule has 8 nitrogen and oxygen atoms in total. The summed E-state index contributed by atoms with van der Waals surface area (Å²) in [6, 6.07) is 17.4. The molecule has 2 aromatic heterocycles. The standard InChI is InChI=1S/C29H29N5O3S/c1-18-7-3-5-9-24(18)37-25-10-6-4-8-22(25)34-23-15-16-31-27-26(23)21(33-28(34)35)17-38(27)29(36)32-20-13-11-19(30-2)12-14-20/h3-10,15-17,19-20,30H,11-14H2,1-2H3,(H-,32,33,35,36)/p+1. The van der Waals surface area contributed by atoms with Gasteiger partial charge in [0.05, 0.1) is 11.4 Å². The molecule has 1 aliphatic heterocycles. The first kappa shape index (κ1) is 24.4. The molecular weight excluding hydrogens is 498 g/mol. The Morgan fingerprint density at radius 1 is 1.00 bits per heavy atom. The molecule has 9 heteroatoms. The molecule has 1 fully saturated rings. The zero-order chi connectivity index (χ0) is 26.2. The van der Waals surface area contributed by atoms with E-state index in [1.165, 1.54) is 0 Å². The maximum Gasteiger partial charge on any atom is 0.458 e. The number of aromatic nitrogens is 1. The van der Waals surface area contributed by atoms with E-state index >= 15 is 0 Å². The number of pyridine rings is 1. The Balaban J connectivity index is 1.35. The molecule has 2 aliphatic rings. The summed E-state index contributed by atoms with van der Waals surface area (Å²) in [7, 11) is 1.09. The molecule has 3 N–H and O–H groups in total. The molecule has 0 radical (unpaired) electrons. The van der Waals surface area contributed by atoms with Gasteiger partial charge >= 0.3 is 11.3 Å². The highest BCUT2D eigenvalue weighted by Gasteiger charge is 2.38. The zero-order valence-electron chi connectivity index (χ0n) is 21.4. The summed E-state index contributed by atoms with van der Waals surface area (Å²) in [5.74, 6) is 1.28. The number of ether oxygens (including phenoxy) is 1. The highest BCUT2D eigenvalue weighted by molar-refractivity contribution is 7.54. The third-order valence-corrected chi connectivity index (χ3v) is 9.08. The molecule has 0 spiro atoms. The number of hydrogen-bond acceptors (Lipinski definition) is 5. The van der Waals surface area contributed by atoms with Crippen LogP contribution in [0.25, 0.3) is 10.2 Å². The summed E-state index contributed by atoms with van der Waals surface area (Å²) in [5.41, 5.74) is 2.93. The van der Waals surface area contributed by atoms with E-state index in [0.29, 0.717) is 33.7 Å². The van der Waals surface area contributed by atoms with E-state index in [1.807, 2.05) is 73.9 Å². The van der Waals surface area contributed by atoms with Crippen molar-refractivity contribution >= 4 is 49.0 Å². The summed E-state index contributed by atoms with van der Waals surface area (Å²) in [6.07, 6.45) is 5.67. The number of anilines is 3. The normalized spacial score (nSPS) is 19.3. The van der Waals surface area contributed by atoms with Crippen molar-refractivity contribution in [3.63, 3.8) is 0 Å². The number of nitrogens with zero attached hydrogens (tertiary/aromatic N) is 2. The van der Waals surface area contributed by atoms with Gasteiger partial charge in [0.1, 0.15) is 27.3 Å². The lowest BCUT2D eigenvalue weighted by atomic mass is 9.91. The number of urea groups is 1. The molecule has 1 aliphatic carbocycles. The summed E-state index contributed by atoms with van der Waals surface area (Å²) >= 11 is 0. The van der Waals surface area contributed by atoms with Gasteiger partial charge in [0.25, 0.3) is 4.83 Å². The topological polar surface area (TPSA) is 95.6 Å². The Morgan fingerprint density at radius 2 is 1.71 bits per heavy atom. The Kier molecular flexibility index (Phi) is 6.47. The molecule has 38 heavy (non-hydrogen) atoms. The summed E-state index contributed by atoms with van der Waals surface area (Å²) in [5, 5.41) is 12.2. The van der Waals surface area contributed by atoms with Crippen molar-refractivity contribution in [1.82, 2.24) is 15.6 Å². The molecular formula is C29H30N5O3S+. The Hall–Kier alpha value is -3.95. The molecule has 0 bridgehead atoms. The second kappa shape index (κ2) is 10.1. The first-order valence-electron chi connectivity index (χ1n) is 12.9. The maximum absolute atomic E-state index is 13.5. The summed E-state index contributed by atoms with van der Waals surface area (Å²) in [6.45, 7) is 1.98. The predicted octanol–water partition coefficient (Wildman–Crippen LogP) is 6.86. The largest absolute Gasteiger partial charge is 0.458 e. The molecule has 4 aromatic rings. The van der Waals surface area contributed by atoms with Gasteiger partial charge in [-0.05, 0) is 69.5 Å². The average Bonchev–Trinajstić information content (AvgIpc) is 3.31. The quantitative estimate of drug-likeness (QED) is 0.238. The van der Waals surface area contributed by atoms with E-state index in [-0.39, 0.29) is 17.3 Å². The molecule has 1 unspecified atom stereocenters. The fraction of sp³-hybridized carbons (Fsp3) is 0.276. The van der Waals surface area contributed by atoms with Crippen molar-refractivity contribution < 1.29 is 14.3 Å². The first-order valence-corrected chi connectivity index (χ1v) is 14.2. The van der Waals surface area contributed by atoms with E-state index in [4.69, 9.17) is 4.74 Å². The molecule has 6 rings (SSSR count). The number of aryl methyl sites for hydroxylation is 1. The first-order chi connectivity index (χ1) is 18.5. The van der Waals surface area contributed by atoms with Gasteiger partial charge in [-0.2, -0.15) is 0 Å². The minimum Gasteiger partial charge on any atom is -0.455 e. The van der Waals surface area contributed by atoms with Crippen LogP contribution in [0, 0.1) is 6.92 Å². The van der Waals surface area contributed by atoms with Crippen LogP contribution in [0.3, 0.4) is 0 Å². The molecule has 3 heterocycles. The van der Waals surface area contributed by atoms with E-state index in [0.717, 1.165) is 42.4 Å². The minimum atomic E-state index is -0.897. The fourth-order valence-electron chi connectivity index (χ4n) is 5.30. The van der Waals surface area contributed by atoms with Crippen molar-refractivity contribution in [2.75, 3.05) is 17.3 Å². The van der Waals surface area contributed by atoms with Crippen LogP contribution in [0.4, 0.5) is 26.7 Å². The van der Waals surface area contributed by atoms with Crippen LogP contribution in [0.5, 0.6) is 11.5 Å². The van der Waals surface area contributed by atoms with Gasteiger partial charge in [-0.1, -0.05) is 30.3 Å². The number of rotatable bonds is 6. The second-order valence-electron chi connectivity index (χ2n) is 9.75. The van der Waals surface area contributed by atoms with Gasteiger partial charge in [-0.3, -0.25) is 4.90 Å². The number of amides is 3. The number of carbonyl (C=O) groups is 2. The van der Waals surface area contributed by atoms with Gasteiger partial charge < -0.3 is 20.7 Å². The van der Waals surface area contributed by atoms with Crippen LogP contribution in [0.15, 0.2) is 66.2 Å². The smallest absolute Gasteiger partial charge is 0.455 e. The van der Waals surface area contributed by atoms with Gasteiger partial charge in [-0.25, -0.2) is 14.6 Å². The van der Waals surface area contributed by atoms with Crippen LogP contribution in [0.2, 0.25) is 0 Å². The summed E-state index contributed by atoms with van der Waals surface area (Å²) < 4.78 is 6.27. The highest BCUT2D eigenvalue weighted by atomic mass is 32.2. The molecule has 3 amide bonds. The zero-order valence-corrected chi connectivity index (χ0v) is 22.2. The van der Waals surface area contributed by atoms with Gasteiger partial charge in [0.2, 0.25) is 0 Å². The summed E-state index contributed by atoms with van der Waals surface area (Å²) in [4.78, 5) is 33.8. The van der Waals surface area contributed by atoms with E-state index in [9.17, 15) is 9.59 Å². The van der Waals surface area contributed by atoms with E-state index < -0.39 is 10.5 Å². The van der Waals surface area contributed by atoms with Crippen molar-refractivity contribution in [3.05, 3.63) is 71.7 Å². The third-order valence-electron chi connectivity index (χ3n) is 7.37. The third kappa shape index (κ3) is 4.37. The van der Waals surface area contributed by atoms with Crippen molar-refractivity contribution in [2.45, 2.75) is 44.7 Å². The van der Waals surface area contributed by atoms with Crippen LogP contribution >= 0.6 is 10.5 Å². The second-order valence-corrected chi connectivity index (χ2v) is 11.4. The minimum absolute atomic E-state index is 0.0511. The monoisotopic (exact) mass is 528 g/mol. The fourth-order valence-corrected chi connectivity index (χ4v) is 7.01. The number of hydrogen-bond donors (Lipinski definition) is 3. The number of benzene rings is 2. The highest BCUT2D eigenvalue weighted by Crippen LogP contribution is 2.48. The Morgan fingerprint density at radius 3 is 2.47 bits per heavy atom. The van der Waals surface area contributed by atoms with Gasteiger partial charge in [-0.15, -0.1) is 0 Å². The Bertz CT molecular complexity index is 1530. The number of nitrogens with one attached hydrogen (secondary N) is 3. The lowest BCUT2D eigenvalue weighted by Crippen LogP contribution is -2.40. The molecule has 2 aromatic carbocycles. The molecule has 194 valence electrons. The predicted molar refractivity (Wildman–Crippen MR) is 152 cm³/mol. The van der Waals surface area contributed by atoms with Crippen LogP contribution in [-0.4, -0.2) is 35.4 Å². The van der Waals surface area contributed by atoms with E-state index in [2.05, 4.69) is 20.9 Å². The lowest BCUT2D eigenvalue weighted by molar-refractivity contribution is 0.249. The van der Waals surface area contributed by atoms with Crippen molar-refractivity contribution in [1.29, 1.82) is 0 Å². The molecule has 1 saturated carbocycles. The van der Waals surface area contributed by atoms with Crippen LogP contribution in [0.1, 0.15) is 31.2 Å². The SMILES string of the molecule is CNC1CCC(NC(=O)[s+]2cc3c4c(ccnc42)N(c2ccccc2Oc2ccccc2C)C(=O)N3)CC1. The molecule has 0 saturated heterocycles. The van der Waals surface area contributed by atoms with Crippen molar-refractivity contribution in [2.24, 2.45) is 0 Å². The number of carbonyl (C=O) groups excluding carboxylic acids is 2. The van der Waals surface area contributed by atoms with Gasteiger partial charge in [0.15, 0.2) is 11.1 Å².